The number of carboxylic acids is 1. The van der Waals surface area contributed by atoms with Crippen LogP contribution >= 0.6 is 0 Å². The Morgan fingerprint density at radius 2 is 1.70 bits per heavy atom. The number of rotatable bonds is 15. The number of ether oxygens (including phenoxy) is 3. The molecule has 0 bridgehead atoms. The fraction of sp³-hybridized carbons (Fsp3) is 0.459. The minimum Gasteiger partial charge on any atom is -0.481 e. The van der Waals surface area contributed by atoms with Crippen LogP contribution in [0, 0.1) is 0 Å². The van der Waals surface area contributed by atoms with Gasteiger partial charge in [-0.3, -0.25) is 14.5 Å². The Balaban J connectivity index is 1.28. The second-order valence-corrected chi connectivity index (χ2v) is 12.3. The number of likely N-dealkylation sites (tertiary alicyclic amines) is 1. The molecule has 9 nitrogen and oxygen atoms in total. The van der Waals surface area contributed by atoms with Gasteiger partial charge in [0.05, 0.1) is 25.4 Å². The van der Waals surface area contributed by atoms with Gasteiger partial charge in [-0.1, -0.05) is 72.8 Å². The van der Waals surface area contributed by atoms with Crippen LogP contribution in [0.15, 0.2) is 72.8 Å². The number of hydrogen-bond donors (Lipinski definition) is 3. The number of nitrogens with one attached hydrogen (secondary N) is 1. The van der Waals surface area contributed by atoms with Crippen LogP contribution in [0.3, 0.4) is 0 Å². The molecule has 0 saturated carbocycles. The highest BCUT2D eigenvalue weighted by Gasteiger charge is 2.35. The van der Waals surface area contributed by atoms with Crippen LogP contribution in [0.25, 0.3) is 11.1 Å². The average Bonchev–Trinajstić information content (AvgIpc) is 3.52. The Hall–Kier alpha value is -3.60. The van der Waals surface area contributed by atoms with Crippen molar-refractivity contribution in [1.29, 1.82) is 0 Å². The minimum absolute atomic E-state index is 0.00641. The van der Waals surface area contributed by atoms with E-state index in [-0.39, 0.29) is 31.1 Å². The highest BCUT2D eigenvalue weighted by atomic mass is 16.7. The summed E-state index contributed by atoms with van der Waals surface area (Å²) in [5.41, 5.74) is 5.94. The van der Waals surface area contributed by atoms with Gasteiger partial charge >= 0.3 is 5.97 Å². The Morgan fingerprint density at radius 3 is 2.43 bits per heavy atom. The van der Waals surface area contributed by atoms with E-state index < -0.39 is 12.3 Å². The van der Waals surface area contributed by atoms with E-state index in [2.05, 4.69) is 34.5 Å². The number of aliphatic carboxylic acids is 1. The molecule has 3 aromatic carbocycles. The molecule has 2 fully saturated rings. The third-order valence-corrected chi connectivity index (χ3v) is 8.94. The predicted molar refractivity (Wildman–Crippen MR) is 175 cm³/mol. The summed E-state index contributed by atoms with van der Waals surface area (Å²) in [6.45, 7) is 2.97. The molecule has 4 atom stereocenters. The molecule has 5 rings (SSSR count). The van der Waals surface area contributed by atoms with Crippen LogP contribution < -0.4 is 5.32 Å². The Kier molecular flexibility index (Phi) is 12.3. The number of hydrogen-bond acceptors (Lipinski definition) is 7. The van der Waals surface area contributed by atoms with Crippen molar-refractivity contribution in [3.8, 4) is 11.1 Å². The monoisotopic (exact) mass is 630 g/mol. The summed E-state index contributed by atoms with van der Waals surface area (Å²) < 4.78 is 18.7. The summed E-state index contributed by atoms with van der Waals surface area (Å²) in [4.78, 5) is 25.6. The lowest BCUT2D eigenvalue weighted by Crippen LogP contribution is -2.42. The maximum absolute atomic E-state index is 12.4. The number of unbranched alkanes of at least 4 members (excludes halogenated alkanes) is 1. The largest absolute Gasteiger partial charge is 0.481 e. The third kappa shape index (κ3) is 9.24. The lowest BCUT2D eigenvalue weighted by molar-refractivity contribution is -0.253. The molecule has 46 heavy (non-hydrogen) atoms. The second-order valence-electron chi connectivity index (χ2n) is 12.3. The molecule has 2 aliphatic heterocycles. The maximum atomic E-state index is 12.4. The smallest absolute Gasteiger partial charge is 0.303 e. The lowest BCUT2D eigenvalue weighted by Gasteiger charge is -2.38. The lowest BCUT2D eigenvalue weighted by atomic mass is 9.97. The number of carbonyl (C=O) groups excluding carboxylic acids is 1. The molecule has 1 amide bonds. The van der Waals surface area contributed by atoms with Gasteiger partial charge in [0.2, 0.25) is 5.91 Å². The number of methoxy groups -OCH3 is 1. The fourth-order valence-electron chi connectivity index (χ4n) is 6.43. The number of carbonyl (C=O) groups is 2. The van der Waals surface area contributed by atoms with Crippen molar-refractivity contribution in [2.45, 2.75) is 82.6 Å². The third-order valence-electron chi connectivity index (χ3n) is 8.94. The van der Waals surface area contributed by atoms with Gasteiger partial charge < -0.3 is 29.7 Å². The van der Waals surface area contributed by atoms with Crippen LogP contribution in [-0.4, -0.2) is 65.9 Å². The number of carboxylic acid groups (broad SMARTS) is 1. The molecule has 9 heteroatoms. The highest BCUT2D eigenvalue weighted by molar-refractivity contribution is 5.76. The van der Waals surface area contributed by atoms with E-state index in [0.29, 0.717) is 31.8 Å². The van der Waals surface area contributed by atoms with Crippen molar-refractivity contribution < 1.29 is 34.0 Å². The molecule has 0 aromatic heterocycles. The first-order valence-corrected chi connectivity index (χ1v) is 16.3. The zero-order chi connectivity index (χ0) is 32.3. The van der Waals surface area contributed by atoms with E-state index in [4.69, 9.17) is 19.3 Å². The predicted octanol–water partition coefficient (Wildman–Crippen LogP) is 5.76. The van der Waals surface area contributed by atoms with Crippen LogP contribution in [0.1, 0.15) is 79.6 Å². The summed E-state index contributed by atoms with van der Waals surface area (Å²) in [6, 6.07) is 24.6. The normalized spacial score (nSPS) is 21.7. The molecule has 0 radical (unpaired) electrons. The molecule has 246 valence electrons. The summed E-state index contributed by atoms with van der Waals surface area (Å²) in [5, 5.41) is 21.3. The summed E-state index contributed by atoms with van der Waals surface area (Å²) >= 11 is 0. The quantitative estimate of drug-likeness (QED) is 0.182. The molecule has 0 unspecified atom stereocenters. The van der Waals surface area contributed by atoms with Gasteiger partial charge in [-0.2, -0.15) is 0 Å². The van der Waals surface area contributed by atoms with Crippen LogP contribution in [0.2, 0.25) is 0 Å². The van der Waals surface area contributed by atoms with E-state index in [9.17, 15) is 14.7 Å². The van der Waals surface area contributed by atoms with Gasteiger partial charge in [0, 0.05) is 51.1 Å². The van der Waals surface area contributed by atoms with Crippen molar-refractivity contribution in [1.82, 2.24) is 10.2 Å². The zero-order valence-corrected chi connectivity index (χ0v) is 26.6. The molecule has 2 saturated heterocycles. The first-order chi connectivity index (χ1) is 22.4. The SMILES string of the molecule is COC[C@@H]1CCCN1C[C@@H]1C[C@H](c2ccc(CO)cc2)O[C@H](c2ccc(-c3ccccc3CNC(=O)CCCCC(=O)O)cc2)O1. The average molecular weight is 631 g/mol. The minimum atomic E-state index is -0.840. The van der Waals surface area contributed by atoms with Gasteiger partial charge in [-0.25, -0.2) is 0 Å². The summed E-state index contributed by atoms with van der Waals surface area (Å²) in [6.07, 6.45) is 3.76. The van der Waals surface area contributed by atoms with Gasteiger partial charge in [0.1, 0.15) is 0 Å². The Labute approximate surface area is 271 Å². The second kappa shape index (κ2) is 16.8. The van der Waals surface area contributed by atoms with Gasteiger partial charge in [0.15, 0.2) is 6.29 Å². The van der Waals surface area contributed by atoms with Crippen LogP contribution in [0.4, 0.5) is 0 Å². The Bertz CT molecular complexity index is 1410. The van der Waals surface area contributed by atoms with E-state index in [1.807, 2.05) is 48.5 Å². The van der Waals surface area contributed by atoms with Crippen LogP contribution in [0.5, 0.6) is 0 Å². The topological polar surface area (TPSA) is 118 Å². The Morgan fingerprint density at radius 1 is 0.957 bits per heavy atom. The van der Waals surface area contributed by atoms with E-state index in [1.165, 1.54) is 0 Å². The number of benzene rings is 3. The summed E-state index contributed by atoms with van der Waals surface area (Å²) in [7, 11) is 1.76. The van der Waals surface area contributed by atoms with Crippen molar-refractivity contribution >= 4 is 11.9 Å². The zero-order valence-electron chi connectivity index (χ0n) is 26.6. The number of aliphatic hydroxyl groups is 1. The summed E-state index contributed by atoms with van der Waals surface area (Å²) in [5.74, 6) is -0.923. The van der Waals surface area contributed by atoms with Crippen LogP contribution in [-0.2, 0) is 37.0 Å². The molecule has 0 spiro atoms. The van der Waals surface area contributed by atoms with Gasteiger partial charge in [-0.15, -0.1) is 0 Å². The number of aliphatic hydroxyl groups excluding tert-OH is 1. The van der Waals surface area contributed by atoms with Crippen molar-refractivity contribution in [2.75, 3.05) is 26.8 Å². The molecule has 3 N–H and O–H groups in total. The maximum Gasteiger partial charge on any atom is 0.303 e. The van der Waals surface area contributed by atoms with Crippen molar-refractivity contribution in [3.63, 3.8) is 0 Å². The molecular weight excluding hydrogens is 584 g/mol. The van der Waals surface area contributed by atoms with E-state index in [0.717, 1.165) is 72.3 Å². The first kappa shape index (κ1) is 33.8. The molecular formula is C37H46N2O7. The highest BCUT2D eigenvalue weighted by Crippen LogP contribution is 2.39. The van der Waals surface area contributed by atoms with E-state index >= 15 is 0 Å². The number of nitrogens with zero attached hydrogens (tertiary/aromatic N) is 1. The van der Waals surface area contributed by atoms with Crippen molar-refractivity contribution in [3.05, 3.63) is 95.1 Å². The van der Waals surface area contributed by atoms with Gasteiger partial charge in [0.25, 0.3) is 0 Å². The standard InChI is InChI=1S/C37H46N2O7/c1-44-25-31-8-6-20-39(31)23-32-21-34(28-14-12-26(24-40)13-15-28)46-37(45-32)29-18-16-27(17-19-29)33-9-3-2-7-30(33)22-38-35(41)10-4-5-11-36(42)43/h2-3,7,9,12-19,31-32,34,37,40H,4-6,8,10-11,20-25H2,1H3,(H,38,41)(H,42,43)/t31-,32-,34+,37+/m0/s1. The van der Waals surface area contributed by atoms with E-state index in [1.54, 1.807) is 7.11 Å². The first-order valence-electron chi connectivity index (χ1n) is 16.3. The molecule has 2 aliphatic rings. The fourth-order valence-corrected chi connectivity index (χ4v) is 6.43. The van der Waals surface area contributed by atoms with Gasteiger partial charge in [-0.05, 0) is 60.0 Å². The number of amides is 1. The van der Waals surface area contributed by atoms with Crippen molar-refractivity contribution in [2.24, 2.45) is 0 Å². The molecule has 0 aliphatic carbocycles. The molecule has 3 aromatic rings. The molecule has 2 heterocycles.